The van der Waals surface area contributed by atoms with E-state index in [2.05, 4.69) is 18.0 Å². The van der Waals surface area contributed by atoms with Crippen molar-refractivity contribution in [1.82, 2.24) is 4.57 Å². The summed E-state index contributed by atoms with van der Waals surface area (Å²) in [6, 6.07) is 12.1. The van der Waals surface area contributed by atoms with Crippen LogP contribution < -0.4 is 9.61 Å². The Hall–Kier alpha value is -3.12. The molecule has 0 saturated carbocycles. The van der Waals surface area contributed by atoms with E-state index >= 15 is 0 Å². The number of aromatic nitrogens is 1. The second kappa shape index (κ2) is 8.32. The van der Waals surface area contributed by atoms with Gasteiger partial charge in [0.25, 0.3) is 0 Å². The summed E-state index contributed by atoms with van der Waals surface area (Å²) in [5.74, 6) is 0.765. The van der Waals surface area contributed by atoms with Crippen molar-refractivity contribution in [2.45, 2.75) is 33.7 Å². The molecule has 0 aliphatic carbocycles. The first-order chi connectivity index (χ1) is 14.5. The molecule has 0 radical (unpaired) electrons. The van der Waals surface area contributed by atoms with E-state index in [-0.39, 0.29) is 17.3 Å². The van der Waals surface area contributed by atoms with Crippen LogP contribution in [0.15, 0.2) is 46.2 Å². The van der Waals surface area contributed by atoms with E-state index in [1.54, 1.807) is 6.21 Å². The van der Waals surface area contributed by atoms with Gasteiger partial charge in [-0.1, -0.05) is 48.6 Å². The minimum atomic E-state index is -0.207. The molecule has 4 rings (SSSR count). The maximum absolute atomic E-state index is 12.4. The van der Waals surface area contributed by atoms with E-state index in [0.29, 0.717) is 11.5 Å². The third kappa shape index (κ3) is 3.83. The molecular weight excluding hydrogens is 396 g/mol. The number of para-hydroxylation sites is 1. The van der Waals surface area contributed by atoms with Crippen LogP contribution in [0.5, 0.6) is 11.6 Å². The molecule has 154 valence electrons. The minimum absolute atomic E-state index is 0.0319. The molecule has 2 heterocycles. The van der Waals surface area contributed by atoms with Gasteiger partial charge in [-0.3, -0.25) is 14.4 Å². The molecule has 0 amide bonds. The van der Waals surface area contributed by atoms with Crippen molar-refractivity contribution in [3.63, 3.8) is 0 Å². The summed E-state index contributed by atoms with van der Waals surface area (Å²) in [6.45, 7) is 6.68. The summed E-state index contributed by atoms with van der Waals surface area (Å²) in [7, 11) is 0. The minimum Gasteiger partial charge on any atom is -0.493 e. The van der Waals surface area contributed by atoms with Crippen molar-refractivity contribution >= 4 is 34.9 Å². The molecule has 0 bridgehead atoms. The zero-order valence-electron chi connectivity index (χ0n) is 17.3. The average molecular weight is 421 g/mol. The van der Waals surface area contributed by atoms with Gasteiger partial charge in [0.2, 0.25) is 5.88 Å². The summed E-state index contributed by atoms with van der Waals surface area (Å²) < 4.78 is 7.20. The topological polar surface area (TPSA) is 63.8 Å². The van der Waals surface area contributed by atoms with Gasteiger partial charge in [0.05, 0.1) is 17.1 Å². The van der Waals surface area contributed by atoms with Crippen molar-refractivity contribution < 1.29 is 9.84 Å². The standard InChI is InChI=1S/C24H24N2O3S/c1-4-17-6-5-7-19-18(14-25-22(17)19)13-21-23(27)26(24(28)30-21)10-11-29-20-12-15(2)8-9-16(20)3/h5-9,12-14,27H,4,10-11H2,1-3H3/b18-13+. The van der Waals surface area contributed by atoms with Gasteiger partial charge in [0.1, 0.15) is 12.4 Å². The maximum Gasteiger partial charge on any atom is 0.310 e. The van der Waals surface area contributed by atoms with Crippen LogP contribution in [0.1, 0.15) is 34.1 Å². The van der Waals surface area contributed by atoms with Crippen LogP contribution in [-0.2, 0) is 13.0 Å². The summed E-state index contributed by atoms with van der Waals surface area (Å²) >= 11 is 1.03. The molecule has 1 aromatic heterocycles. The van der Waals surface area contributed by atoms with Crippen molar-refractivity contribution in [3.05, 3.63) is 73.2 Å². The van der Waals surface area contributed by atoms with Crippen molar-refractivity contribution in [1.29, 1.82) is 0 Å². The Labute approximate surface area is 179 Å². The second-order valence-electron chi connectivity index (χ2n) is 7.35. The molecule has 2 aromatic carbocycles. The largest absolute Gasteiger partial charge is 0.493 e. The monoisotopic (exact) mass is 420 g/mol. The van der Waals surface area contributed by atoms with E-state index in [1.807, 2.05) is 50.3 Å². The molecule has 0 saturated heterocycles. The normalized spacial score (nSPS) is 13.8. The van der Waals surface area contributed by atoms with Gasteiger partial charge in [-0.2, -0.15) is 0 Å². The summed E-state index contributed by atoms with van der Waals surface area (Å²) in [6.07, 6.45) is 4.53. The Balaban J connectivity index is 1.54. The molecular formula is C24H24N2O3S. The number of aromatic hydroxyl groups is 1. The summed E-state index contributed by atoms with van der Waals surface area (Å²) in [5.41, 5.74) is 6.24. The van der Waals surface area contributed by atoms with E-state index in [1.165, 1.54) is 10.1 Å². The highest BCUT2D eigenvalue weighted by Gasteiger charge is 2.18. The first-order valence-electron chi connectivity index (χ1n) is 9.98. The number of aliphatic imine (C=N–C) groups is 1. The molecule has 6 heteroatoms. The lowest BCUT2D eigenvalue weighted by atomic mass is 10.0. The number of hydrogen-bond acceptors (Lipinski definition) is 5. The summed E-state index contributed by atoms with van der Waals surface area (Å²) in [5, 5.41) is 10.6. The van der Waals surface area contributed by atoms with Crippen LogP contribution in [0.2, 0.25) is 0 Å². The van der Waals surface area contributed by atoms with Gasteiger partial charge >= 0.3 is 4.87 Å². The van der Waals surface area contributed by atoms with Crippen molar-refractivity contribution in [2.24, 2.45) is 4.99 Å². The van der Waals surface area contributed by atoms with Crippen LogP contribution in [0.3, 0.4) is 0 Å². The Morgan fingerprint density at radius 1 is 1.23 bits per heavy atom. The third-order valence-electron chi connectivity index (χ3n) is 5.24. The molecule has 30 heavy (non-hydrogen) atoms. The lowest BCUT2D eigenvalue weighted by Gasteiger charge is -2.10. The number of allylic oxidation sites excluding steroid dienone is 1. The number of thiazole rings is 1. The van der Waals surface area contributed by atoms with Crippen LogP contribution in [0, 0.1) is 13.8 Å². The predicted molar refractivity (Wildman–Crippen MR) is 123 cm³/mol. The first-order valence-corrected chi connectivity index (χ1v) is 10.8. The van der Waals surface area contributed by atoms with Crippen LogP contribution in [-0.4, -0.2) is 22.5 Å². The van der Waals surface area contributed by atoms with E-state index in [9.17, 15) is 9.90 Å². The fourth-order valence-corrected chi connectivity index (χ4v) is 4.40. The van der Waals surface area contributed by atoms with Gasteiger partial charge < -0.3 is 9.84 Å². The molecule has 3 aromatic rings. The van der Waals surface area contributed by atoms with Crippen LogP contribution >= 0.6 is 11.3 Å². The zero-order chi connectivity index (χ0) is 21.3. The van der Waals surface area contributed by atoms with Gasteiger partial charge in [0.15, 0.2) is 0 Å². The zero-order valence-corrected chi connectivity index (χ0v) is 18.1. The fraction of sp³-hybridized carbons (Fsp3) is 0.250. The van der Waals surface area contributed by atoms with Gasteiger partial charge in [-0.05, 0) is 49.1 Å². The number of ether oxygens (including phenoxy) is 1. The number of rotatable bonds is 6. The fourth-order valence-electron chi connectivity index (χ4n) is 3.54. The number of nitrogens with zero attached hydrogens (tertiary/aromatic N) is 2. The highest BCUT2D eigenvalue weighted by atomic mass is 32.1. The van der Waals surface area contributed by atoms with Gasteiger partial charge in [0, 0.05) is 17.4 Å². The molecule has 0 spiro atoms. The third-order valence-corrected chi connectivity index (χ3v) is 6.16. The Morgan fingerprint density at radius 3 is 2.87 bits per heavy atom. The quantitative estimate of drug-likeness (QED) is 0.601. The van der Waals surface area contributed by atoms with Crippen molar-refractivity contribution in [3.8, 4) is 11.6 Å². The average Bonchev–Trinajstić information content (AvgIpc) is 3.26. The Bertz CT molecular complexity index is 1220. The van der Waals surface area contributed by atoms with Crippen LogP contribution in [0.25, 0.3) is 11.6 Å². The van der Waals surface area contributed by atoms with Crippen molar-refractivity contribution in [2.75, 3.05) is 6.61 Å². The van der Waals surface area contributed by atoms with E-state index in [0.717, 1.165) is 51.5 Å². The maximum atomic E-state index is 12.4. The smallest absolute Gasteiger partial charge is 0.310 e. The molecule has 5 nitrogen and oxygen atoms in total. The number of fused-ring (bicyclic) bond motifs is 1. The molecule has 1 aliphatic rings. The predicted octanol–water partition coefficient (Wildman–Crippen LogP) is 5.13. The molecule has 0 fully saturated rings. The SMILES string of the molecule is CCc1cccc2c1N=C/C2=C\c1sc(=O)n(CCOc2cc(C)ccc2C)c1O. The van der Waals surface area contributed by atoms with Crippen LogP contribution in [0.4, 0.5) is 5.69 Å². The number of hydrogen-bond donors (Lipinski definition) is 1. The molecule has 0 atom stereocenters. The first kappa shape index (κ1) is 20.2. The Kier molecular flexibility index (Phi) is 5.59. The van der Waals surface area contributed by atoms with Gasteiger partial charge in [-0.25, -0.2) is 0 Å². The van der Waals surface area contributed by atoms with E-state index in [4.69, 9.17) is 4.74 Å². The number of aryl methyl sites for hydroxylation is 3. The lowest BCUT2D eigenvalue weighted by Crippen LogP contribution is -2.17. The second-order valence-corrected chi connectivity index (χ2v) is 8.34. The van der Waals surface area contributed by atoms with E-state index < -0.39 is 0 Å². The molecule has 0 unspecified atom stereocenters. The molecule has 1 aliphatic heterocycles. The number of benzene rings is 2. The summed E-state index contributed by atoms with van der Waals surface area (Å²) in [4.78, 5) is 17.3. The lowest BCUT2D eigenvalue weighted by molar-refractivity contribution is 0.284. The highest BCUT2D eigenvalue weighted by Crippen LogP contribution is 2.37. The highest BCUT2D eigenvalue weighted by molar-refractivity contribution is 7.10. The molecule has 1 N–H and O–H groups in total. The Morgan fingerprint density at radius 2 is 2.07 bits per heavy atom. The van der Waals surface area contributed by atoms with Gasteiger partial charge in [-0.15, -0.1) is 0 Å².